The molecule has 1 saturated heterocycles. The van der Waals surface area contributed by atoms with Crippen LogP contribution in [0.25, 0.3) is 0 Å². The Kier molecular flexibility index (Phi) is 4.15. The molecule has 0 amide bonds. The number of benzene rings is 1. The summed E-state index contributed by atoms with van der Waals surface area (Å²) in [5, 5.41) is 0. The van der Waals surface area contributed by atoms with Gasteiger partial charge in [0.25, 0.3) is 0 Å². The molecule has 92 valence electrons. The summed E-state index contributed by atoms with van der Waals surface area (Å²) >= 11 is 0. The minimum Gasteiger partial charge on any atom is -0.493 e. The molecule has 1 unspecified atom stereocenters. The van der Waals surface area contributed by atoms with Gasteiger partial charge in [-0.05, 0) is 31.9 Å². The average Bonchev–Trinajstić information content (AvgIpc) is 2.84. The molecule has 0 radical (unpaired) electrons. The zero-order valence-corrected chi connectivity index (χ0v) is 10.1. The number of aldehydes is 1. The summed E-state index contributed by atoms with van der Waals surface area (Å²) in [6.07, 6.45) is 4.34. The van der Waals surface area contributed by atoms with Crippen molar-refractivity contribution in [2.45, 2.75) is 32.3 Å². The van der Waals surface area contributed by atoms with E-state index >= 15 is 0 Å². The molecule has 1 heterocycles. The van der Waals surface area contributed by atoms with E-state index in [1.807, 2.05) is 25.1 Å². The van der Waals surface area contributed by atoms with Crippen LogP contribution in [-0.2, 0) is 4.74 Å². The van der Waals surface area contributed by atoms with Crippen molar-refractivity contribution >= 4 is 6.29 Å². The Labute approximate surface area is 102 Å². The Morgan fingerprint density at radius 3 is 3.12 bits per heavy atom. The number of hydrogen-bond donors (Lipinski definition) is 0. The molecular weight excluding hydrogens is 216 g/mol. The molecule has 1 aromatic carbocycles. The Morgan fingerprint density at radius 2 is 2.41 bits per heavy atom. The molecule has 1 aromatic rings. The molecular formula is C14H18O3. The first-order valence-electron chi connectivity index (χ1n) is 6.10. The van der Waals surface area contributed by atoms with Crippen molar-refractivity contribution in [1.29, 1.82) is 0 Å². The molecule has 2 rings (SSSR count). The van der Waals surface area contributed by atoms with Gasteiger partial charge in [-0.1, -0.05) is 11.6 Å². The van der Waals surface area contributed by atoms with Gasteiger partial charge in [-0.2, -0.15) is 0 Å². The molecule has 1 atom stereocenters. The minimum atomic E-state index is 0.333. The second-order valence-corrected chi connectivity index (χ2v) is 4.43. The van der Waals surface area contributed by atoms with Crippen LogP contribution in [0.15, 0.2) is 18.2 Å². The lowest BCUT2D eigenvalue weighted by atomic mass is 10.1. The third kappa shape index (κ3) is 3.30. The van der Waals surface area contributed by atoms with Crippen LogP contribution in [0.4, 0.5) is 0 Å². The van der Waals surface area contributed by atoms with Crippen LogP contribution in [0.5, 0.6) is 5.75 Å². The molecule has 17 heavy (non-hydrogen) atoms. The lowest BCUT2D eigenvalue weighted by molar-refractivity contribution is 0.0901. The number of hydrogen-bond acceptors (Lipinski definition) is 3. The van der Waals surface area contributed by atoms with E-state index in [4.69, 9.17) is 9.47 Å². The van der Waals surface area contributed by atoms with Crippen LogP contribution in [0.1, 0.15) is 35.2 Å². The van der Waals surface area contributed by atoms with Crippen LogP contribution < -0.4 is 4.74 Å². The average molecular weight is 234 g/mol. The van der Waals surface area contributed by atoms with Crippen molar-refractivity contribution < 1.29 is 14.3 Å². The Hall–Kier alpha value is -1.35. The lowest BCUT2D eigenvalue weighted by Crippen LogP contribution is -2.11. The third-order valence-electron chi connectivity index (χ3n) is 3.01. The highest BCUT2D eigenvalue weighted by molar-refractivity contribution is 5.79. The van der Waals surface area contributed by atoms with Gasteiger partial charge in [0.2, 0.25) is 0 Å². The zero-order chi connectivity index (χ0) is 12.1. The summed E-state index contributed by atoms with van der Waals surface area (Å²) in [4.78, 5) is 10.9. The SMILES string of the molecule is Cc1ccc(OCCC2CCCO2)c(C=O)c1. The highest BCUT2D eigenvalue weighted by Gasteiger charge is 2.15. The van der Waals surface area contributed by atoms with Gasteiger partial charge in [-0.15, -0.1) is 0 Å². The molecule has 1 aliphatic rings. The maximum Gasteiger partial charge on any atom is 0.153 e. The number of carbonyl (C=O) groups is 1. The largest absolute Gasteiger partial charge is 0.493 e. The standard InChI is InChI=1S/C14H18O3/c1-11-4-5-14(12(9-11)10-15)17-8-6-13-3-2-7-16-13/h4-5,9-10,13H,2-3,6-8H2,1H3. The number of rotatable bonds is 5. The monoisotopic (exact) mass is 234 g/mol. The molecule has 0 saturated carbocycles. The first-order valence-corrected chi connectivity index (χ1v) is 6.10. The van der Waals surface area contributed by atoms with Gasteiger partial charge in [-0.25, -0.2) is 0 Å². The summed E-state index contributed by atoms with van der Waals surface area (Å²) in [6.45, 7) is 3.44. The fraction of sp³-hybridized carbons (Fsp3) is 0.500. The fourth-order valence-corrected chi connectivity index (χ4v) is 2.06. The summed E-state index contributed by atoms with van der Waals surface area (Å²) in [5.74, 6) is 0.670. The topological polar surface area (TPSA) is 35.5 Å². The van der Waals surface area contributed by atoms with E-state index in [2.05, 4.69) is 0 Å². The van der Waals surface area contributed by atoms with Gasteiger partial charge in [0, 0.05) is 13.0 Å². The smallest absolute Gasteiger partial charge is 0.153 e. The molecule has 0 bridgehead atoms. The van der Waals surface area contributed by atoms with Crippen molar-refractivity contribution in [3.8, 4) is 5.75 Å². The molecule has 3 heteroatoms. The normalized spacial score (nSPS) is 19.2. The molecule has 0 aliphatic carbocycles. The van der Waals surface area contributed by atoms with Crippen LogP contribution in [0.2, 0.25) is 0 Å². The first kappa shape index (κ1) is 12.1. The first-order chi connectivity index (χ1) is 8.29. The van der Waals surface area contributed by atoms with Gasteiger partial charge < -0.3 is 9.47 Å². The van der Waals surface area contributed by atoms with Gasteiger partial charge >= 0.3 is 0 Å². The van der Waals surface area contributed by atoms with E-state index in [0.29, 0.717) is 24.0 Å². The highest BCUT2D eigenvalue weighted by Crippen LogP contribution is 2.20. The van der Waals surface area contributed by atoms with Crippen molar-refractivity contribution in [1.82, 2.24) is 0 Å². The highest BCUT2D eigenvalue weighted by atomic mass is 16.5. The maximum atomic E-state index is 10.9. The Bertz CT molecular complexity index is 381. The number of ether oxygens (including phenoxy) is 2. The minimum absolute atomic E-state index is 0.333. The molecule has 1 aliphatic heterocycles. The lowest BCUT2D eigenvalue weighted by Gasteiger charge is -2.12. The Morgan fingerprint density at radius 1 is 1.53 bits per heavy atom. The van der Waals surface area contributed by atoms with E-state index in [-0.39, 0.29) is 0 Å². The second-order valence-electron chi connectivity index (χ2n) is 4.43. The summed E-state index contributed by atoms with van der Waals surface area (Å²) in [5.41, 5.74) is 1.69. The summed E-state index contributed by atoms with van der Waals surface area (Å²) < 4.78 is 11.2. The quantitative estimate of drug-likeness (QED) is 0.735. The fourth-order valence-electron chi connectivity index (χ4n) is 2.06. The van der Waals surface area contributed by atoms with Gasteiger partial charge in [0.1, 0.15) is 5.75 Å². The third-order valence-corrected chi connectivity index (χ3v) is 3.01. The molecule has 1 fully saturated rings. The van der Waals surface area contributed by atoms with Gasteiger partial charge in [-0.3, -0.25) is 4.79 Å². The van der Waals surface area contributed by atoms with E-state index in [9.17, 15) is 4.79 Å². The van der Waals surface area contributed by atoms with E-state index in [1.54, 1.807) is 0 Å². The Balaban J connectivity index is 1.87. The van der Waals surface area contributed by atoms with Crippen molar-refractivity contribution in [3.05, 3.63) is 29.3 Å². The van der Waals surface area contributed by atoms with Crippen LogP contribution in [0, 0.1) is 6.92 Å². The molecule has 0 aromatic heterocycles. The van der Waals surface area contributed by atoms with Crippen molar-refractivity contribution in [3.63, 3.8) is 0 Å². The predicted molar refractivity (Wildman–Crippen MR) is 65.7 cm³/mol. The maximum absolute atomic E-state index is 10.9. The predicted octanol–water partition coefficient (Wildman–Crippen LogP) is 2.76. The van der Waals surface area contributed by atoms with E-state index < -0.39 is 0 Å². The zero-order valence-electron chi connectivity index (χ0n) is 10.1. The van der Waals surface area contributed by atoms with Gasteiger partial charge in [0.15, 0.2) is 6.29 Å². The second kappa shape index (κ2) is 5.82. The molecule has 3 nitrogen and oxygen atoms in total. The number of aryl methyl sites for hydroxylation is 1. The van der Waals surface area contributed by atoms with Crippen LogP contribution >= 0.6 is 0 Å². The van der Waals surface area contributed by atoms with Crippen LogP contribution in [0.3, 0.4) is 0 Å². The molecule has 0 spiro atoms. The van der Waals surface area contributed by atoms with Crippen molar-refractivity contribution in [2.75, 3.05) is 13.2 Å². The van der Waals surface area contributed by atoms with Crippen LogP contribution in [-0.4, -0.2) is 25.6 Å². The summed E-state index contributed by atoms with van der Waals surface area (Å²) in [6, 6.07) is 5.65. The van der Waals surface area contributed by atoms with E-state index in [0.717, 1.165) is 37.7 Å². The van der Waals surface area contributed by atoms with Gasteiger partial charge in [0.05, 0.1) is 18.3 Å². The van der Waals surface area contributed by atoms with Crippen molar-refractivity contribution in [2.24, 2.45) is 0 Å². The molecule has 0 N–H and O–H groups in total. The summed E-state index contributed by atoms with van der Waals surface area (Å²) in [7, 11) is 0. The number of carbonyl (C=O) groups excluding carboxylic acids is 1. The van der Waals surface area contributed by atoms with E-state index in [1.165, 1.54) is 0 Å².